The molecule has 0 radical (unpaired) electrons. The van der Waals surface area contributed by atoms with E-state index in [1.807, 2.05) is 24.3 Å². The number of aliphatic hydroxyl groups is 1. The van der Waals surface area contributed by atoms with Gasteiger partial charge in [-0.2, -0.15) is 0 Å². The summed E-state index contributed by atoms with van der Waals surface area (Å²) in [5.41, 5.74) is 9.97. The molecule has 192 valence electrons. The lowest BCUT2D eigenvalue weighted by Gasteiger charge is -2.19. The van der Waals surface area contributed by atoms with E-state index in [-0.39, 0.29) is 31.1 Å². The lowest BCUT2D eigenvalue weighted by atomic mass is 9.98. The fourth-order valence-electron chi connectivity index (χ4n) is 4.48. The monoisotopic (exact) mass is 495 g/mol. The molecule has 3 amide bonds. The van der Waals surface area contributed by atoms with Crippen molar-refractivity contribution in [3.8, 4) is 11.1 Å². The molecule has 9 heteroatoms. The molecule has 1 aliphatic rings. The van der Waals surface area contributed by atoms with Crippen LogP contribution in [0.1, 0.15) is 49.7 Å². The second-order valence-corrected chi connectivity index (χ2v) is 9.00. The number of hydrogen-bond acceptors (Lipinski definition) is 6. The van der Waals surface area contributed by atoms with Gasteiger partial charge in [0.1, 0.15) is 18.4 Å². The van der Waals surface area contributed by atoms with Crippen LogP contribution in [0.25, 0.3) is 11.1 Å². The van der Waals surface area contributed by atoms with E-state index in [4.69, 9.17) is 10.5 Å². The zero-order chi connectivity index (χ0) is 26.1. The van der Waals surface area contributed by atoms with E-state index in [0.717, 1.165) is 22.3 Å². The molecule has 2 aromatic rings. The second-order valence-electron chi connectivity index (χ2n) is 9.00. The fraction of sp³-hybridized carbons (Fsp3) is 0.407. The van der Waals surface area contributed by atoms with Gasteiger partial charge in [0.2, 0.25) is 11.8 Å². The van der Waals surface area contributed by atoms with Gasteiger partial charge in [-0.1, -0.05) is 48.5 Å². The summed E-state index contributed by atoms with van der Waals surface area (Å²) in [5.74, 6) is -2.46. The molecule has 0 bridgehead atoms. The quantitative estimate of drug-likeness (QED) is 0.313. The predicted molar refractivity (Wildman–Crippen MR) is 134 cm³/mol. The molecule has 0 unspecified atom stereocenters. The van der Waals surface area contributed by atoms with Crippen LogP contribution in [0.4, 0.5) is 4.79 Å². The van der Waals surface area contributed by atoms with Crippen molar-refractivity contribution in [2.45, 2.75) is 44.6 Å². The first-order valence-electron chi connectivity index (χ1n) is 12.1. The highest BCUT2D eigenvalue weighted by atomic mass is 16.5. The highest BCUT2D eigenvalue weighted by molar-refractivity contribution is 5.90. The Kier molecular flexibility index (Phi) is 9.58. The standard InChI is InChI=1S/C27H33N3O6/c1-17(32)14-18(15-31)26(34)30-24(25(28)33)12-6-7-13-29-27(35)36-16-23-21-10-4-2-8-19(21)20-9-3-5-11-22(20)23/h2-5,8-11,18,23-24,31H,6-7,12-16H2,1H3,(H2,28,33)(H,29,35)(H,30,34)/t18-,24-/m0/s1. The second kappa shape index (κ2) is 12.8. The van der Waals surface area contributed by atoms with Gasteiger partial charge < -0.3 is 31.0 Å². The molecule has 36 heavy (non-hydrogen) atoms. The Hall–Kier alpha value is -3.72. The fourth-order valence-corrected chi connectivity index (χ4v) is 4.48. The lowest BCUT2D eigenvalue weighted by molar-refractivity contribution is -0.133. The number of amides is 3. The molecule has 9 nitrogen and oxygen atoms in total. The topological polar surface area (TPSA) is 148 Å². The van der Waals surface area contributed by atoms with Crippen LogP contribution in [0.15, 0.2) is 48.5 Å². The number of Topliss-reactive ketones (excluding diaryl/α,β-unsaturated/α-hetero) is 1. The average molecular weight is 496 g/mol. The van der Waals surface area contributed by atoms with Crippen molar-refractivity contribution < 1.29 is 29.0 Å². The largest absolute Gasteiger partial charge is 0.449 e. The average Bonchev–Trinajstić information content (AvgIpc) is 3.18. The summed E-state index contributed by atoms with van der Waals surface area (Å²) >= 11 is 0. The van der Waals surface area contributed by atoms with E-state index in [1.165, 1.54) is 6.92 Å². The van der Waals surface area contributed by atoms with Crippen molar-refractivity contribution >= 4 is 23.7 Å². The third-order valence-corrected chi connectivity index (χ3v) is 6.32. The Labute approximate surface area is 210 Å². The molecular formula is C27H33N3O6. The SMILES string of the molecule is CC(=O)C[C@@H](CO)C(=O)N[C@@H](CCCCNC(=O)OCC1c2ccccc2-c2ccccc21)C(N)=O. The molecule has 0 saturated heterocycles. The Morgan fingerprint density at radius 1 is 1.00 bits per heavy atom. The number of benzene rings is 2. The van der Waals surface area contributed by atoms with E-state index in [1.54, 1.807) is 0 Å². The third-order valence-electron chi connectivity index (χ3n) is 6.32. The Morgan fingerprint density at radius 3 is 2.17 bits per heavy atom. The molecule has 0 aromatic heterocycles. The van der Waals surface area contributed by atoms with Crippen LogP contribution < -0.4 is 16.4 Å². The number of primary amides is 1. The summed E-state index contributed by atoms with van der Waals surface area (Å²) in [5, 5.41) is 14.5. The van der Waals surface area contributed by atoms with Crippen molar-refractivity contribution in [2.24, 2.45) is 11.7 Å². The van der Waals surface area contributed by atoms with Crippen molar-refractivity contribution in [3.63, 3.8) is 0 Å². The molecule has 2 atom stereocenters. The predicted octanol–water partition coefficient (Wildman–Crippen LogP) is 2.25. The van der Waals surface area contributed by atoms with E-state index in [0.29, 0.717) is 19.4 Å². The highest BCUT2D eigenvalue weighted by Gasteiger charge is 2.29. The first-order chi connectivity index (χ1) is 17.3. The van der Waals surface area contributed by atoms with Gasteiger partial charge in [-0.3, -0.25) is 9.59 Å². The number of carbonyl (C=O) groups is 4. The summed E-state index contributed by atoms with van der Waals surface area (Å²) in [4.78, 5) is 47.4. The van der Waals surface area contributed by atoms with Gasteiger partial charge in [0.05, 0.1) is 12.5 Å². The third kappa shape index (κ3) is 6.91. The highest BCUT2D eigenvalue weighted by Crippen LogP contribution is 2.44. The van der Waals surface area contributed by atoms with Crippen LogP contribution in [0, 0.1) is 5.92 Å². The maximum Gasteiger partial charge on any atom is 0.407 e. The van der Waals surface area contributed by atoms with Crippen LogP contribution in [0.2, 0.25) is 0 Å². The normalized spacial score (nSPS) is 13.7. The van der Waals surface area contributed by atoms with Gasteiger partial charge in [-0.05, 0) is 48.4 Å². The molecule has 3 rings (SSSR count). The number of unbranched alkanes of at least 4 members (excludes halogenated alkanes) is 1. The van der Waals surface area contributed by atoms with Gasteiger partial charge in [0.25, 0.3) is 0 Å². The summed E-state index contributed by atoms with van der Waals surface area (Å²) in [6.45, 7) is 1.38. The molecule has 0 spiro atoms. The minimum absolute atomic E-state index is 0.0196. The van der Waals surface area contributed by atoms with Gasteiger partial charge in [0, 0.05) is 18.9 Å². The first kappa shape index (κ1) is 26.9. The van der Waals surface area contributed by atoms with Gasteiger partial charge in [0.15, 0.2) is 0 Å². The number of hydrogen-bond donors (Lipinski definition) is 4. The number of ketones is 1. The van der Waals surface area contributed by atoms with Crippen LogP contribution in [0.5, 0.6) is 0 Å². The minimum atomic E-state index is -0.923. The van der Waals surface area contributed by atoms with Crippen molar-refractivity contribution in [1.82, 2.24) is 10.6 Å². The molecule has 5 N–H and O–H groups in total. The summed E-state index contributed by atoms with van der Waals surface area (Å²) in [6.07, 6.45) is 0.685. The molecular weight excluding hydrogens is 462 g/mol. The number of rotatable bonds is 13. The smallest absolute Gasteiger partial charge is 0.407 e. The number of carbonyl (C=O) groups excluding carboxylic acids is 4. The van der Waals surface area contributed by atoms with E-state index >= 15 is 0 Å². The first-order valence-corrected chi connectivity index (χ1v) is 12.1. The maximum absolute atomic E-state index is 12.3. The summed E-state index contributed by atoms with van der Waals surface area (Å²) in [7, 11) is 0. The van der Waals surface area contributed by atoms with E-state index in [2.05, 4.69) is 34.9 Å². The molecule has 2 aromatic carbocycles. The van der Waals surface area contributed by atoms with Crippen LogP contribution >= 0.6 is 0 Å². The number of nitrogens with one attached hydrogen (secondary N) is 2. The zero-order valence-electron chi connectivity index (χ0n) is 20.4. The molecule has 0 saturated carbocycles. The van der Waals surface area contributed by atoms with Crippen molar-refractivity contribution in [3.05, 3.63) is 59.7 Å². The van der Waals surface area contributed by atoms with Gasteiger partial charge in [-0.25, -0.2) is 4.79 Å². The summed E-state index contributed by atoms with van der Waals surface area (Å²) < 4.78 is 5.50. The summed E-state index contributed by atoms with van der Waals surface area (Å²) in [6, 6.07) is 15.3. The Bertz CT molecular complexity index is 1060. The van der Waals surface area contributed by atoms with Crippen LogP contribution in [0.3, 0.4) is 0 Å². The molecule has 0 heterocycles. The van der Waals surface area contributed by atoms with E-state index in [9.17, 15) is 24.3 Å². The zero-order valence-corrected chi connectivity index (χ0v) is 20.4. The number of aliphatic hydroxyl groups excluding tert-OH is 1. The molecule has 1 aliphatic carbocycles. The number of nitrogens with two attached hydrogens (primary N) is 1. The lowest BCUT2D eigenvalue weighted by Crippen LogP contribution is -2.47. The Balaban J connectivity index is 1.40. The van der Waals surface area contributed by atoms with Crippen molar-refractivity contribution in [2.75, 3.05) is 19.8 Å². The Morgan fingerprint density at radius 2 is 1.61 bits per heavy atom. The molecule has 0 aliphatic heterocycles. The number of ether oxygens (including phenoxy) is 1. The maximum atomic E-state index is 12.3. The van der Waals surface area contributed by atoms with Crippen LogP contribution in [-0.4, -0.2) is 54.6 Å². The van der Waals surface area contributed by atoms with Crippen LogP contribution in [-0.2, 0) is 19.1 Å². The van der Waals surface area contributed by atoms with Crippen molar-refractivity contribution in [1.29, 1.82) is 0 Å². The van der Waals surface area contributed by atoms with Gasteiger partial charge >= 0.3 is 6.09 Å². The molecule has 0 fully saturated rings. The minimum Gasteiger partial charge on any atom is -0.449 e. The van der Waals surface area contributed by atoms with Gasteiger partial charge in [-0.15, -0.1) is 0 Å². The number of fused-ring (bicyclic) bond motifs is 3. The van der Waals surface area contributed by atoms with E-state index < -0.39 is 36.5 Å². The number of alkyl carbamates (subject to hydrolysis) is 1.